The molecule has 0 aliphatic carbocycles. The Morgan fingerprint density at radius 2 is 2.00 bits per heavy atom. The van der Waals surface area contributed by atoms with Crippen molar-refractivity contribution in [3.63, 3.8) is 0 Å². The van der Waals surface area contributed by atoms with Crippen molar-refractivity contribution in [3.05, 3.63) is 65.3 Å². The molecule has 0 aliphatic heterocycles. The Kier molecular flexibility index (Phi) is 4.55. The summed E-state index contributed by atoms with van der Waals surface area (Å²) in [7, 11) is 0. The first kappa shape index (κ1) is 14.5. The second kappa shape index (κ2) is 6.58. The number of rotatable bonds is 5. The van der Waals surface area contributed by atoms with Gasteiger partial charge in [-0.25, -0.2) is 4.39 Å². The Hall–Kier alpha value is -1.40. The van der Waals surface area contributed by atoms with Crippen LogP contribution in [0.15, 0.2) is 58.8 Å². The van der Waals surface area contributed by atoms with E-state index in [0.29, 0.717) is 10.6 Å². The Balaban J connectivity index is 1.82. The molecule has 0 amide bonds. The molecule has 0 radical (unpaired) electrons. The maximum Gasteiger partial charge on any atom is 0.136 e. The molecule has 1 aromatic heterocycles. The molecule has 21 heavy (non-hydrogen) atoms. The standard InChI is InChI=1S/C16H15FN2S2/c17-13-6-1-2-7-15(13)21-10-14(19-18)12-5-3-4-11-8-9-20-16(11)12/h1-9,14,19H,10,18H2. The fourth-order valence-corrected chi connectivity index (χ4v) is 4.23. The van der Waals surface area contributed by atoms with Gasteiger partial charge in [-0.15, -0.1) is 23.1 Å². The molecule has 1 atom stereocenters. The largest absolute Gasteiger partial charge is 0.271 e. The molecular formula is C16H15FN2S2. The lowest BCUT2D eigenvalue weighted by atomic mass is 10.1. The first-order valence-electron chi connectivity index (χ1n) is 6.59. The molecule has 0 aliphatic rings. The normalized spacial score (nSPS) is 12.7. The number of hydrogen-bond donors (Lipinski definition) is 2. The summed E-state index contributed by atoms with van der Waals surface area (Å²) in [6.45, 7) is 0. The van der Waals surface area contributed by atoms with E-state index in [4.69, 9.17) is 5.84 Å². The minimum absolute atomic E-state index is 0.0167. The number of hydrogen-bond acceptors (Lipinski definition) is 4. The molecule has 2 nitrogen and oxygen atoms in total. The van der Waals surface area contributed by atoms with Crippen molar-refractivity contribution in [1.29, 1.82) is 0 Å². The van der Waals surface area contributed by atoms with Gasteiger partial charge in [-0.3, -0.25) is 11.3 Å². The van der Waals surface area contributed by atoms with E-state index in [9.17, 15) is 4.39 Å². The van der Waals surface area contributed by atoms with Crippen LogP contribution in [-0.4, -0.2) is 5.75 Å². The van der Waals surface area contributed by atoms with Gasteiger partial charge in [-0.05, 0) is 34.5 Å². The number of thiophene rings is 1. The van der Waals surface area contributed by atoms with E-state index < -0.39 is 0 Å². The zero-order valence-electron chi connectivity index (χ0n) is 11.3. The van der Waals surface area contributed by atoms with E-state index in [2.05, 4.69) is 29.0 Å². The Morgan fingerprint density at radius 3 is 2.81 bits per heavy atom. The Labute approximate surface area is 131 Å². The van der Waals surface area contributed by atoms with E-state index in [-0.39, 0.29) is 11.9 Å². The quantitative estimate of drug-likeness (QED) is 0.417. The van der Waals surface area contributed by atoms with Crippen LogP contribution >= 0.6 is 23.1 Å². The third-order valence-electron chi connectivity index (χ3n) is 3.33. The van der Waals surface area contributed by atoms with Gasteiger partial charge < -0.3 is 0 Å². The third-order valence-corrected chi connectivity index (χ3v) is 5.45. The lowest BCUT2D eigenvalue weighted by molar-refractivity contribution is 0.598. The van der Waals surface area contributed by atoms with Crippen LogP contribution in [0.4, 0.5) is 4.39 Å². The zero-order valence-corrected chi connectivity index (χ0v) is 12.9. The van der Waals surface area contributed by atoms with Gasteiger partial charge >= 0.3 is 0 Å². The summed E-state index contributed by atoms with van der Waals surface area (Å²) >= 11 is 3.18. The summed E-state index contributed by atoms with van der Waals surface area (Å²) in [6.07, 6.45) is 0. The van der Waals surface area contributed by atoms with Crippen LogP contribution in [0, 0.1) is 5.82 Å². The highest BCUT2D eigenvalue weighted by Gasteiger charge is 2.15. The molecular weight excluding hydrogens is 303 g/mol. The Bertz CT molecular complexity index is 742. The van der Waals surface area contributed by atoms with Gasteiger partial charge in [-0.2, -0.15) is 0 Å². The molecule has 0 spiro atoms. The molecule has 5 heteroatoms. The lowest BCUT2D eigenvalue weighted by Gasteiger charge is -2.17. The van der Waals surface area contributed by atoms with Gasteiger partial charge in [0.05, 0.1) is 6.04 Å². The molecule has 2 aromatic carbocycles. The van der Waals surface area contributed by atoms with Crippen LogP contribution in [0.5, 0.6) is 0 Å². The molecule has 0 saturated heterocycles. The fourth-order valence-electron chi connectivity index (χ4n) is 2.25. The second-order valence-electron chi connectivity index (χ2n) is 4.65. The fraction of sp³-hybridized carbons (Fsp3) is 0.125. The number of hydrazine groups is 1. The zero-order chi connectivity index (χ0) is 14.7. The number of benzene rings is 2. The van der Waals surface area contributed by atoms with E-state index >= 15 is 0 Å². The minimum Gasteiger partial charge on any atom is -0.271 e. The molecule has 0 fully saturated rings. The number of halogens is 1. The topological polar surface area (TPSA) is 38.0 Å². The number of nitrogens with one attached hydrogen (secondary N) is 1. The summed E-state index contributed by atoms with van der Waals surface area (Å²) in [5.74, 6) is 6.20. The summed E-state index contributed by atoms with van der Waals surface area (Å²) < 4.78 is 14.9. The predicted molar refractivity (Wildman–Crippen MR) is 89.0 cm³/mol. The van der Waals surface area contributed by atoms with Crippen LogP contribution in [0.1, 0.15) is 11.6 Å². The molecule has 3 N–H and O–H groups in total. The average Bonchev–Trinajstić information content (AvgIpc) is 2.98. The van der Waals surface area contributed by atoms with Gasteiger partial charge in [0.1, 0.15) is 5.82 Å². The van der Waals surface area contributed by atoms with Gasteiger partial charge in [0, 0.05) is 15.3 Å². The van der Waals surface area contributed by atoms with Crippen LogP contribution in [0.25, 0.3) is 10.1 Å². The third kappa shape index (κ3) is 3.11. The number of fused-ring (bicyclic) bond motifs is 1. The minimum atomic E-state index is -0.187. The summed E-state index contributed by atoms with van der Waals surface area (Å²) in [6, 6.07) is 15.1. The van der Waals surface area contributed by atoms with Gasteiger partial charge in [-0.1, -0.05) is 30.3 Å². The van der Waals surface area contributed by atoms with E-state index in [0.717, 1.165) is 5.56 Å². The van der Waals surface area contributed by atoms with E-state index in [1.54, 1.807) is 23.5 Å². The summed E-state index contributed by atoms with van der Waals surface area (Å²) in [5.41, 5.74) is 4.01. The van der Waals surface area contributed by atoms with Crippen molar-refractivity contribution in [2.45, 2.75) is 10.9 Å². The van der Waals surface area contributed by atoms with Crippen LogP contribution in [0.3, 0.4) is 0 Å². The van der Waals surface area contributed by atoms with Crippen molar-refractivity contribution in [2.75, 3.05) is 5.75 Å². The maximum atomic E-state index is 13.7. The lowest BCUT2D eigenvalue weighted by Crippen LogP contribution is -2.29. The van der Waals surface area contributed by atoms with E-state index in [1.807, 2.05) is 12.1 Å². The smallest absolute Gasteiger partial charge is 0.136 e. The van der Waals surface area contributed by atoms with Gasteiger partial charge in [0.2, 0.25) is 0 Å². The van der Waals surface area contributed by atoms with Crippen LogP contribution in [0.2, 0.25) is 0 Å². The highest BCUT2D eigenvalue weighted by molar-refractivity contribution is 7.99. The summed E-state index contributed by atoms with van der Waals surface area (Å²) in [4.78, 5) is 0.649. The molecule has 3 rings (SSSR count). The first-order chi connectivity index (χ1) is 10.3. The molecule has 0 bridgehead atoms. The van der Waals surface area contributed by atoms with Crippen molar-refractivity contribution >= 4 is 33.2 Å². The molecule has 1 unspecified atom stereocenters. The average molecular weight is 318 g/mol. The summed E-state index contributed by atoms with van der Waals surface area (Å²) in [5, 5.41) is 3.29. The maximum absolute atomic E-state index is 13.7. The predicted octanol–water partition coefficient (Wildman–Crippen LogP) is 4.34. The molecule has 1 heterocycles. The van der Waals surface area contributed by atoms with Gasteiger partial charge in [0.25, 0.3) is 0 Å². The number of nitrogens with two attached hydrogens (primary N) is 1. The van der Waals surface area contributed by atoms with Crippen LogP contribution in [-0.2, 0) is 0 Å². The van der Waals surface area contributed by atoms with Crippen molar-refractivity contribution in [2.24, 2.45) is 5.84 Å². The van der Waals surface area contributed by atoms with Crippen molar-refractivity contribution in [1.82, 2.24) is 5.43 Å². The monoisotopic (exact) mass is 318 g/mol. The van der Waals surface area contributed by atoms with Crippen molar-refractivity contribution < 1.29 is 4.39 Å². The molecule has 0 saturated carbocycles. The van der Waals surface area contributed by atoms with E-state index in [1.165, 1.54) is 27.9 Å². The Morgan fingerprint density at radius 1 is 1.14 bits per heavy atom. The second-order valence-corrected chi connectivity index (χ2v) is 6.62. The SMILES string of the molecule is NNC(CSc1ccccc1F)c1cccc2ccsc12. The van der Waals surface area contributed by atoms with Crippen LogP contribution < -0.4 is 11.3 Å². The number of thioether (sulfide) groups is 1. The first-order valence-corrected chi connectivity index (χ1v) is 8.45. The van der Waals surface area contributed by atoms with Crippen molar-refractivity contribution in [3.8, 4) is 0 Å². The van der Waals surface area contributed by atoms with Gasteiger partial charge in [0.15, 0.2) is 0 Å². The molecule has 3 aromatic rings. The highest BCUT2D eigenvalue weighted by atomic mass is 32.2. The molecule has 108 valence electrons. The highest BCUT2D eigenvalue weighted by Crippen LogP contribution is 2.32.